The van der Waals surface area contributed by atoms with Crippen molar-refractivity contribution in [1.29, 1.82) is 0 Å². The molecule has 1 heterocycles. The van der Waals surface area contributed by atoms with Gasteiger partial charge in [-0.05, 0) is 49.8 Å². The van der Waals surface area contributed by atoms with E-state index in [1.54, 1.807) is 18.2 Å². The van der Waals surface area contributed by atoms with E-state index >= 15 is 0 Å². The number of halogens is 1. The van der Waals surface area contributed by atoms with Gasteiger partial charge in [0.05, 0.1) is 11.1 Å². The lowest BCUT2D eigenvalue weighted by atomic mass is 9.94. The van der Waals surface area contributed by atoms with Gasteiger partial charge in [-0.25, -0.2) is 0 Å². The van der Waals surface area contributed by atoms with Crippen LogP contribution in [0.4, 0.5) is 0 Å². The number of nitrogens with one attached hydrogen (secondary N) is 1. The molecular formula is C20H26ClN3O3. The number of fused-ring (bicyclic) bond motifs is 1. The zero-order valence-corrected chi connectivity index (χ0v) is 16.1. The maximum atomic E-state index is 12.8. The molecule has 1 unspecified atom stereocenters. The number of nitrogens with zero attached hydrogens (tertiary/aromatic N) is 1. The number of hydrogen-bond acceptors (Lipinski definition) is 4. The molecule has 3 aliphatic rings. The second-order valence-electron chi connectivity index (χ2n) is 7.69. The van der Waals surface area contributed by atoms with Gasteiger partial charge in [0.2, 0.25) is 0 Å². The third-order valence-electron chi connectivity index (χ3n) is 5.88. The first-order valence-corrected chi connectivity index (χ1v) is 9.63. The monoisotopic (exact) mass is 391 g/mol. The van der Waals surface area contributed by atoms with Gasteiger partial charge < -0.3 is 11.1 Å². The van der Waals surface area contributed by atoms with E-state index in [1.165, 1.54) is 4.90 Å². The second-order valence-corrected chi connectivity index (χ2v) is 7.69. The molecule has 6 nitrogen and oxygen atoms in total. The molecule has 0 spiro atoms. The molecule has 1 atom stereocenters. The van der Waals surface area contributed by atoms with E-state index in [4.69, 9.17) is 5.73 Å². The van der Waals surface area contributed by atoms with E-state index in [0.717, 1.165) is 44.9 Å². The number of rotatable bonds is 5. The minimum Gasteiger partial charge on any atom is -0.348 e. The molecule has 0 saturated heterocycles. The van der Waals surface area contributed by atoms with Crippen molar-refractivity contribution in [2.24, 2.45) is 11.7 Å². The molecule has 7 heteroatoms. The third kappa shape index (κ3) is 3.73. The number of imide groups is 1. The minimum absolute atomic E-state index is 0. The summed E-state index contributed by atoms with van der Waals surface area (Å²) in [5.41, 5.74) is 6.93. The number of amides is 3. The molecule has 2 aliphatic carbocycles. The van der Waals surface area contributed by atoms with Crippen LogP contribution in [0.3, 0.4) is 0 Å². The molecule has 1 aromatic rings. The summed E-state index contributed by atoms with van der Waals surface area (Å²) >= 11 is 0. The highest BCUT2D eigenvalue weighted by Crippen LogP contribution is 2.33. The smallest absolute Gasteiger partial charge is 0.261 e. The lowest BCUT2D eigenvalue weighted by Crippen LogP contribution is -2.41. The summed E-state index contributed by atoms with van der Waals surface area (Å²) < 4.78 is 0. The molecular weight excluding hydrogens is 366 g/mol. The van der Waals surface area contributed by atoms with Crippen molar-refractivity contribution in [3.05, 3.63) is 34.9 Å². The first-order chi connectivity index (χ1) is 12.6. The van der Waals surface area contributed by atoms with Gasteiger partial charge in [-0.1, -0.05) is 19.3 Å². The number of carbonyl (C=O) groups is 3. The van der Waals surface area contributed by atoms with Gasteiger partial charge in [-0.3, -0.25) is 19.3 Å². The van der Waals surface area contributed by atoms with Crippen LogP contribution in [0.25, 0.3) is 0 Å². The summed E-state index contributed by atoms with van der Waals surface area (Å²) in [7, 11) is 0. The summed E-state index contributed by atoms with van der Waals surface area (Å²) in [5.74, 6) is -0.249. The first-order valence-electron chi connectivity index (χ1n) is 9.63. The summed E-state index contributed by atoms with van der Waals surface area (Å²) in [6.45, 7) is 0.411. The molecule has 0 bridgehead atoms. The molecule has 2 saturated carbocycles. The van der Waals surface area contributed by atoms with E-state index in [2.05, 4.69) is 5.32 Å². The van der Waals surface area contributed by atoms with Crippen LogP contribution < -0.4 is 11.1 Å². The molecule has 2 fully saturated rings. The molecule has 0 aromatic heterocycles. The first kappa shape index (κ1) is 19.8. The van der Waals surface area contributed by atoms with Crippen LogP contribution in [0.5, 0.6) is 0 Å². The van der Waals surface area contributed by atoms with Gasteiger partial charge in [0.15, 0.2) is 0 Å². The Kier molecular flexibility index (Phi) is 5.86. The minimum atomic E-state index is -0.260. The van der Waals surface area contributed by atoms with Crippen molar-refractivity contribution < 1.29 is 14.4 Å². The molecule has 3 amide bonds. The lowest BCUT2D eigenvalue weighted by molar-refractivity contribution is 0.0549. The van der Waals surface area contributed by atoms with Gasteiger partial charge in [-0.15, -0.1) is 12.4 Å². The predicted molar refractivity (Wildman–Crippen MR) is 104 cm³/mol. The quantitative estimate of drug-likeness (QED) is 0.754. The highest BCUT2D eigenvalue weighted by Gasteiger charge is 2.40. The van der Waals surface area contributed by atoms with Crippen LogP contribution in [0, 0.1) is 5.92 Å². The maximum absolute atomic E-state index is 12.8. The van der Waals surface area contributed by atoms with Crippen molar-refractivity contribution >= 4 is 30.1 Å². The van der Waals surface area contributed by atoms with Crippen molar-refractivity contribution in [3.8, 4) is 0 Å². The van der Waals surface area contributed by atoms with E-state index < -0.39 is 0 Å². The molecule has 3 N–H and O–H groups in total. The highest BCUT2D eigenvalue weighted by atomic mass is 35.5. The van der Waals surface area contributed by atoms with Crippen molar-refractivity contribution in [2.45, 2.75) is 57.0 Å². The highest BCUT2D eigenvalue weighted by molar-refractivity contribution is 6.22. The van der Waals surface area contributed by atoms with Crippen LogP contribution in [0.2, 0.25) is 0 Å². The Bertz CT molecular complexity index is 757. The number of carbonyl (C=O) groups excluding carboxylic acids is 3. The zero-order chi connectivity index (χ0) is 18.3. The molecule has 1 aliphatic heterocycles. The largest absolute Gasteiger partial charge is 0.348 e. The molecule has 1 aromatic carbocycles. The number of nitrogens with two attached hydrogens (primary N) is 1. The third-order valence-corrected chi connectivity index (χ3v) is 5.88. The van der Waals surface area contributed by atoms with Crippen molar-refractivity contribution in [2.75, 3.05) is 6.54 Å². The van der Waals surface area contributed by atoms with Crippen LogP contribution in [-0.2, 0) is 0 Å². The van der Waals surface area contributed by atoms with Crippen LogP contribution >= 0.6 is 12.4 Å². The molecule has 27 heavy (non-hydrogen) atoms. The van der Waals surface area contributed by atoms with E-state index in [9.17, 15) is 14.4 Å². The fourth-order valence-electron chi connectivity index (χ4n) is 4.19. The molecule has 4 rings (SSSR count). The topological polar surface area (TPSA) is 92.5 Å². The Morgan fingerprint density at radius 2 is 1.74 bits per heavy atom. The number of hydrogen-bond donors (Lipinski definition) is 2. The standard InChI is InChI=1S/C20H25N3O3.ClH/c21-11-17(12-6-7-12)22-18(24)13-8-9-15-16(10-13)20(26)23(19(15)25)14-4-2-1-3-5-14;/h8-10,12,14,17H,1-7,11,21H2,(H,22,24);1H. The molecule has 0 radical (unpaired) electrons. The van der Waals surface area contributed by atoms with Gasteiger partial charge in [0.1, 0.15) is 0 Å². The summed E-state index contributed by atoms with van der Waals surface area (Å²) in [6.07, 6.45) is 7.19. The van der Waals surface area contributed by atoms with Crippen LogP contribution in [0.1, 0.15) is 76.0 Å². The zero-order valence-electron chi connectivity index (χ0n) is 15.3. The summed E-state index contributed by atoms with van der Waals surface area (Å²) in [4.78, 5) is 39.5. The Hall–Kier alpha value is -1.92. The fourth-order valence-corrected chi connectivity index (χ4v) is 4.19. The van der Waals surface area contributed by atoms with E-state index in [1.807, 2.05) is 0 Å². The van der Waals surface area contributed by atoms with E-state index in [-0.39, 0.29) is 42.2 Å². The van der Waals surface area contributed by atoms with Crippen LogP contribution in [-0.4, -0.2) is 41.2 Å². The van der Waals surface area contributed by atoms with E-state index in [0.29, 0.717) is 29.2 Å². The average Bonchev–Trinajstić information content (AvgIpc) is 3.48. The average molecular weight is 392 g/mol. The maximum Gasteiger partial charge on any atom is 0.261 e. The van der Waals surface area contributed by atoms with Gasteiger partial charge >= 0.3 is 0 Å². The summed E-state index contributed by atoms with van der Waals surface area (Å²) in [5, 5.41) is 2.96. The molecule has 146 valence electrons. The van der Waals surface area contributed by atoms with Crippen molar-refractivity contribution in [3.63, 3.8) is 0 Å². The number of benzene rings is 1. The van der Waals surface area contributed by atoms with Crippen molar-refractivity contribution in [1.82, 2.24) is 10.2 Å². The summed E-state index contributed by atoms with van der Waals surface area (Å²) in [6, 6.07) is 4.78. The lowest BCUT2D eigenvalue weighted by Gasteiger charge is -2.29. The van der Waals surface area contributed by atoms with Gasteiger partial charge in [0.25, 0.3) is 17.7 Å². The Morgan fingerprint density at radius 1 is 1.07 bits per heavy atom. The predicted octanol–water partition coefficient (Wildman–Crippen LogP) is 2.50. The fraction of sp³-hybridized carbons (Fsp3) is 0.550. The Morgan fingerprint density at radius 3 is 2.37 bits per heavy atom. The van der Waals surface area contributed by atoms with Gasteiger partial charge in [-0.2, -0.15) is 0 Å². The second kappa shape index (κ2) is 7.98. The normalized spacial score (nSPS) is 20.9. The Labute approximate surface area is 165 Å². The van der Waals surface area contributed by atoms with Crippen LogP contribution in [0.15, 0.2) is 18.2 Å². The van der Waals surface area contributed by atoms with Gasteiger partial charge in [0, 0.05) is 24.2 Å². The SMILES string of the molecule is Cl.NCC(NC(=O)c1ccc2c(c1)C(=O)N(C1CCCCC1)C2=O)C1CC1. The Balaban J connectivity index is 0.00000210.